The van der Waals surface area contributed by atoms with Gasteiger partial charge in [-0.2, -0.15) is 18.2 Å². The van der Waals surface area contributed by atoms with Crippen LogP contribution in [0.3, 0.4) is 0 Å². The van der Waals surface area contributed by atoms with Crippen LogP contribution in [0.25, 0.3) is 12.2 Å². The number of nitrogens with one attached hydrogen (secondary N) is 1. The van der Waals surface area contributed by atoms with Crippen molar-refractivity contribution in [1.82, 2.24) is 19.8 Å². The van der Waals surface area contributed by atoms with Gasteiger partial charge in [0.2, 0.25) is 10.0 Å². The van der Waals surface area contributed by atoms with E-state index >= 15 is 0 Å². The standard InChI is InChI=1S/C17H13F3N4O3S/c18-17(19,20)16-23-15(24-27-16)7-6-12-3-1-5-14(9-12)28(25,26)22-11-13-4-2-8-21-10-13/h1-10,22H,11H2/b7-6+. The van der Waals surface area contributed by atoms with E-state index in [0.29, 0.717) is 11.1 Å². The smallest absolute Gasteiger partial charge is 0.329 e. The topological polar surface area (TPSA) is 98.0 Å². The molecule has 0 amide bonds. The van der Waals surface area contributed by atoms with E-state index in [1.54, 1.807) is 30.6 Å². The molecule has 0 aliphatic rings. The van der Waals surface area contributed by atoms with Crippen LogP contribution in [0.15, 0.2) is 58.2 Å². The molecule has 1 N–H and O–H groups in total. The molecule has 0 atom stereocenters. The Morgan fingerprint density at radius 3 is 2.64 bits per heavy atom. The van der Waals surface area contributed by atoms with Crippen LogP contribution < -0.4 is 4.72 Å². The quantitative estimate of drug-likeness (QED) is 0.671. The number of halogens is 3. The highest BCUT2D eigenvalue weighted by Crippen LogP contribution is 2.27. The van der Waals surface area contributed by atoms with Crippen LogP contribution in [0, 0.1) is 0 Å². The maximum absolute atomic E-state index is 12.4. The van der Waals surface area contributed by atoms with E-state index in [1.165, 1.54) is 30.4 Å². The molecule has 0 spiro atoms. The van der Waals surface area contributed by atoms with Gasteiger partial charge in [0.25, 0.3) is 0 Å². The van der Waals surface area contributed by atoms with Crippen molar-refractivity contribution in [3.63, 3.8) is 0 Å². The Hall–Kier alpha value is -3.05. The summed E-state index contributed by atoms with van der Waals surface area (Å²) < 4.78 is 68.8. The number of sulfonamides is 1. The summed E-state index contributed by atoms with van der Waals surface area (Å²) in [5, 5.41) is 3.20. The first-order valence-electron chi connectivity index (χ1n) is 7.82. The maximum Gasteiger partial charge on any atom is 0.471 e. The van der Waals surface area contributed by atoms with Crippen LogP contribution >= 0.6 is 0 Å². The second-order valence-corrected chi connectivity index (χ2v) is 7.31. The molecule has 0 saturated carbocycles. The van der Waals surface area contributed by atoms with Gasteiger partial charge in [-0.05, 0) is 35.4 Å². The Balaban J connectivity index is 1.73. The molecule has 1 aromatic carbocycles. The molecule has 2 aromatic heterocycles. The van der Waals surface area contributed by atoms with Gasteiger partial charge in [0.15, 0.2) is 5.82 Å². The van der Waals surface area contributed by atoms with E-state index in [0.717, 1.165) is 0 Å². The molecule has 0 radical (unpaired) electrons. The molecular formula is C17H13F3N4O3S. The van der Waals surface area contributed by atoms with Crippen LogP contribution in [-0.2, 0) is 22.7 Å². The van der Waals surface area contributed by atoms with E-state index in [4.69, 9.17) is 0 Å². The molecular weight excluding hydrogens is 397 g/mol. The minimum atomic E-state index is -4.73. The van der Waals surface area contributed by atoms with Gasteiger partial charge in [-0.1, -0.05) is 29.4 Å². The summed E-state index contributed by atoms with van der Waals surface area (Å²) in [7, 11) is -3.79. The lowest BCUT2D eigenvalue weighted by atomic mass is 10.2. The molecule has 0 fully saturated rings. The fourth-order valence-electron chi connectivity index (χ4n) is 2.14. The lowest BCUT2D eigenvalue weighted by Gasteiger charge is -2.07. The fourth-order valence-corrected chi connectivity index (χ4v) is 3.21. The Kier molecular flexibility index (Phi) is 5.56. The summed E-state index contributed by atoms with van der Waals surface area (Å²) in [6, 6.07) is 9.29. The lowest BCUT2D eigenvalue weighted by molar-refractivity contribution is -0.159. The van der Waals surface area contributed by atoms with Crippen LogP contribution in [-0.4, -0.2) is 23.5 Å². The summed E-state index contributed by atoms with van der Waals surface area (Å²) in [5.74, 6) is -1.74. The van der Waals surface area contributed by atoms with E-state index in [1.807, 2.05) is 0 Å². The third-order valence-corrected chi connectivity index (χ3v) is 4.87. The zero-order valence-electron chi connectivity index (χ0n) is 14.1. The molecule has 11 heteroatoms. The Morgan fingerprint density at radius 2 is 1.96 bits per heavy atom. The number of hydrogen-bond donors (Lipinski definition) is 1. The van der Waals surface area contributed by atoms with Crippen molar-refractivity contribution in [3.8, 4) is 0 Å². The first-order chi connectivity index (χ1) is 13.2. The average Bonchev–Trinajstić information content (AvgIpc) is 3.16. The van der Waals surface area contributed by atoms with Gasteiger partial charge >= 0.3 is 12.1 Å². The van der Waals surface area contributed by atoms with Crippen molar-refractivity contribution in [2.45, 2.75) is 17.6 Å². The minimum Gasteiger partial charge on any atom is -0.329 e. The molecule has 0 aliphatic carbocycles. The van der Waals surface area contributed by atoms with Crippen molar-refractivity contribution in [2.24, 2.45) is 0 Å². The zero-order valence-corrected chi connectivity index (χ0v) is 14.9. The molecule has 0 unspecified atom stereocenters. The van der Waals surface area contributed by atoms with Crippen molar-refractivity contribution >= 4 is 22.2 Å². The van der Waals surface area contributed by atoms with Crippen molar-refractivity contribution < 1.29 is 26.1 Å². The number of aromatic nitrogens is 3. The molecule has 0 bridgehead atoms. The Bertz CT molecular complexity index is 1080. The first-order valence-corrected chi connectivity index (χ1v) is 9.30. The number of hydrogen-bond acceptors (Lipinski definition) is 6. The average molecular weight is 410 g/mol. The van der Waals surface area contributed by atoms with Crippen molar-refractivity contribution in [3.05, 3.63) is 71.6 Å². The zero-order chi connectivity index (χ0) is 20.2. The summed E-state index contributed by atoms with van der Waals surface area (Å²) in [4.78, 5) is 7.12. The number of benzene rings is 1. The van der Waals surface area contributed by atoms with Gasteiger partial charge < -0.3 is 4.52 Å². The van der Waals surface area contributed by atoms with Gasteiger partial charge in [-0.15, -0.1) is 0 Å². The second kappa shape index (κ2) is 7.90. The third kappa shape index (κ3) is 5.02. The normalized spacial score (nSPS) is 12.5. The minimum absolute atomic E-state index is 0.00244. The molecule has 7 nitrogen and oxygen atoms in total. The molecule has 3 rings (SSSR count). The Labute approximate surface area is 158 Å². The first kappa shape index (κ1) is 19.7. The van der Waals surface area contributed by atoms with Gasteiger partial charge in [0.05, 0.1) is 4.90 Å². The molecule has 2 heterocycles. The highest BCUT2D eigenvalue weighted by molar-refractivity contribution is 7.89. The number of pyridine rings is 1. The fraction of sp³-hybridized carbons (Fsp3) is 0.118. The van der Waals surface area contributed by atoms with Crippen molar-refractivity contribution in [1.29, 1.82) is 0 Å². The van der Waals surface area contributed by atoms with Gasteiger partial charge in [0, 0.05) is 18.9 Å². The Morgan fingerprint density at radius 1 is 1.14 bits per heavy atom. The summed E-state index contributed by atoms with van der Waals surface area (Å²) in [6.07, 6.45) is 0.961. The summed E-state index contributed by atoms with van der Waals surface area (Å²) in [5.41, 5.74) is 1.13. The van der Waals surface area contributed by atoms with E-state index in [-0.39, 0.29) is 17.3 Å². The maximum atomic E-state index is 12.4. The van der Waals surface area contributed by atoms with Crippen LogP contribution in [0.4, 0.5) is 13.2 Å². The number of rotatable bonds is 6. The third-order valence-electron chi connectivity index (χ3n) is 3.47. The summed E-state index contributed by atoms with van der Waals surface area (Å²) >= 11 is 0. The molecule has 0 aliphatic heterocycles. The monoisotopic (exact) mass is 410 g/mol. The van der Waals surface area contributed by atoms with Crippen molar-refractivity contribution in [2.75, 3.05) is 0 Å². The van der Waals surface area contributed by atoms with Gasteiger partial charge in [-0.3, -0.25) is 4.98 Å². The molecule has 0 saturated heterocycles. The van der Waals surface area contributed by atoms with E-state index in [2.05, 4.69) is 24.4 Å². The van der Waals surface area contributed by atoms with Gasteiger partial charge in [-0.25, -0.2) is 13.1 Å². The highest BCUT2D eigenvalue weighted by Gasteiger charge is 2.38. The van der Waals surface area contributed by atoms with Crippen LogP contribution in [0.5, 0.6) is 0 Å². The van der Waals surface area contributed by atoms with E-state index < -0.39 is 22.1 Å². The highest BCUT2D eigenvalue weighted by atomic mass is 32.2. The van der Waals surface area contributed by atoms with Crippen LogP contribution in [0.1, 0.15) is 22.8 Å². The number of nitrogens with zero attached hydrogens (tertiary/aromatic N) is 3. The second-order valence-electron chi connectivity index (χ2n) is 5.55. The SMILES string of the molecule is O=S(=O)(NCc1cccnc1)c1cccc(/C=C/c2noc(C(F)(F)F)n2)c1. The molecule has 28 heavy (non-hydrogen) atoms. The van der Waals surface area contributed by atoms with Crippen LogP contribution in [0.2, 0.25) is 0 Å². The number of alkyl halides is 3. The largest absolute Gasteiger partial charge is 0.471 e. The lowest BCUT2D eigenvalue weighted by Crippen LogP contribution is -2.23. The van der Waals surface area contributed by atoms with Gasteiger partial charge in [0.1, 0.15) is 0 Å². The molecule has 3 aromatic rings. The predicted octanol–water partition coefficient (Wildman–Crippen LogP) is 3.13. The predicted molar refractivity (Wildman–Crippen MR) is 92.9 cm³/mol. The molecule has 146 valence electrons. The summed E-state index contributed by atoms with van der Waals surface area (Å²) in [6.45, 7) is 0.0688. The van der Waals surface area contributed by atoms with E-state index in [9.17, 15) is 21.6 Å².